The highest BCUT2D eigenvalue weighted by Crippen LogP contribution is 2.55. The summed E-state index contributed by atoms with van der Waals surface area (Å²) in [6.07, 6.45) is -3.18. The number of carbonyl (C=O) groups is 6. The monoisotopic (exact) mass is 704 g/mol. The zero-order valence-electron chi connectivity index (χ0n) is 30.0. The highest BCUT2D eigenvalue weighted by molar-refractivity contribution is 5.89. The van der Waals surface area contributed by atoms with Crippen molar-refractivity contribution < 1.29 is 66.7 Å². The first-order valence-electron chi connectivity index (χ1n) is 16.4. The molecule has 1 aliphatic carbocycles. The fraction of sp³-hybridized carbons (Fsp3) is 0.611. The van der Waals surface area contributed by atoms with E-state index in [4.69, 9.17) is 37.9 Å². The molecule has 3 rings (SSSR count). The number of esters is 6. The lowest BCUT2D eigenvalue weighted by molar-refractivity contribution is -0.354. The summed E-state index contributed by atoms with van der Waals surface area (Å²) in [7, 11) is 0. The maximum Gasteiger partial charge on any atom is 0.338 e. The molecule has 8 atom stereocenters. The van der Waals surface area contributed by atoms with Gasteiger partial charge in [0.25, 0.3) is 0 Å². The topological polar surface area (TPSA) is 176 Å². The predicted molar refractivity (Wildman–Crippen MR) is 174 cm³/mol. The molecule has 1 aromatic rings. The van der Waals surface area contributed by atoms with Gasteiger partial charge in [0.05, 0.1) is 5.56 Å². The molecule has 1 saturated heterocycles. The Kier molecular flexibility index (Phi) is 13.3. The van der Waals surface area contributed by atoms with Gasteiger partial charge in [-0.3, -0.25) is 24.0 Å². The van der Waals surface area contributed by atoms with Gasteiger partial charge in [0.15, 0.2) is 30.2 Å². The predicted octanol–water partition coefficient (Wildman–Crippen LogP) is 4.16. The Labute approximate surface area is 292 Å². The first kappa shape index (κ1) is 40.1. The maximum atomic E-state index is 12.9. The highest BCUT2D eigenvalue weighted by atomic mass is 16.7. The lowest BCUT2D eigenvalue weighted by Gasteiger charge is -2.58. The number of rotatable bonds is 12. The SMILES string of the molecule is CC(=O)OC[C@H]1O[C@@H](O[C@]2(C)CCCC(C)(C)[C@@]2(/C=C/[C@@H](C)OC(=O)c2ccccc2)OC(C)=O)[C@H](OC(C)=O)[C@@H](OC(C)=O)[C@@H]1OC(C)=O. The van der Waals surface area contributed by atoms with Crippen molar-refractivity contribution in [1.29, 1.82) is 0 Å². The van der Waals surface area contributed by atoms with E-state index in [-0.39, 0.29) is 0 Å². The molecule has 0 N–H and O–H groups in total. The van der Waals surface area contributed by atoms with E-state index in [1.165, 1.54) is 13.8 Å². The largest absolute Gasteiger partial charge is 0.463 e. The van der Waals surface area contributed by atoms with Crippen LogP contribution in [0.3, 0.4) is 0 Å². The molecule has 0 bridgehead atoms. The van der Waals surface area contributed by atoms with Crippen LogP contribution in [0.4, 0.5) is 0 Å². The minimum absolute atomic E-state index is 0.291. The van der Waals surface area contributed by atoms with Crippen molar-refractivity contribution in [1.82, 2.24) is 0 Å². The fourth-order valence-corrected chi connectivity index (χ4v) is 6.67. The summed E-state index contributed by atoms with van der Waals surface area (Å²) in [6, 6.07) is 8.46. The standard InChI is InChI=1S/C36H48O14/c1-21(44-32(42)27-14-11-10-12-15-27)16-19-36(49-26(6)41)34(7,8)17-13-18-35(36,9)50-33-31(47-25(5)40)30(46-24(4)39)29(45-23(3)38)28(48-33)20-43-22(2)37/h10-12,14-16,19,21,28-31,33H,13,17-18,20H2,1-9H3/b19-16+/t21-,28-,29-,30+,31-,33+,35-,36-/m1/s1. The summed E-state index contributed by atoms with van der Waals surface area (Å²) >= 11 is 0. The molecule has 0 aromatic heterocycles. The average molecular weight is 705 g/mol. The molecule has 2 fully saturated rings. The first-order chi connectivity index (χ1) is 23.3. The fourth-order valence-electron chi connectivity index (χ4n) is 6.67. The maximum absolute atomic E-state index is 12.9. The van der Waals surface area contributed by atoms with Gasteiger partial charge >= 0.3 is 35.8 Å². The van der Waals surface area contributed by atoms with E-state index < -0.39 is 95.8 Å². The third-order valence-electron chi connectivity index (χ3n) is 8.78. The smallest absolute Gasteiger partial charge is 0.338 e. The molecule has 0 spiro atoms. The number of carbonyl (C=O) groups excluding carboxylic acids is 6. The van der Waals surface area contributed by atoms with E-state index >= 15 is 0 Å². The van der Waals surface area contributed by atoms with E-state index in [1.54, 1.807) is 56.3 Å². The zero-order chi connectivity index (χ0) is 37.4. The molecular formula is C36H48O14. The molecular weight excluding hydrogens is 656 g/mol. The molecule has 14 nitrogen and oxygen atoms in total. The van der Waals surface area contributed by atoms with E-state index in [2.05, 4.69) is 0 Å². The van der Waals surface area contributed by atoms with Crippen molar-refractivity contribution in [3.8, 4) is 0 Å². The van der Waals surface area contributed by atoms with Crippen molar-refractivity contribution >= 4 is 35.8 Å². The van der Waals surface area contributed by atoms with Gasteiger partial charge in [-0.25, -0.2) is 4.79 Å². The normalized spacial score (nSPS) is 29.6. The van der Waals surface area contributed by atoms with Gasteiger partial charge in [0.2, 0.25) is 0 Å². The van der Waals surface area contributed by atoms with E-state index in [1.807, 2.05) is 13.8 Å². The van der Waals surface area contributed by atoms with Gasteiger partial charge in [0, 0.05) is 40.0 Å². The van der Waals surface area contributed by atoms with Crippen molar-refractivity contribution in [2.75, 3.05) is 6.61 Å². The lowest BCUT2D eigenvalue weighted by atomic mass is 9.58. The Hall–Kier alpha value is -4.30. The van der Waals surface area contributed by atoms with E-state index in [9.17, 15) is 28.8 Å². The molecule has 0 unspecified atom stereocenters. The van der Waals surface area contributed by atoms with E-state index in [0.29, 0.717) is 24.8 Å². The van der Waals surface area contributed by atoms with Crippen molar-refractivity contribution in [2.45, 2.75) is 130 Å². The summed E-state index contributed by atoms with van der Waals surface area (Å²) in [6.45, 7) is 12.5. The Balaban J connectivity index is 2.13. The summed E-state index contributed by atoms with van der Waals surface area (Å²) in [5.74, 6) is -4.21. The second-order valence-corrected chi connectivity index (χ2v) is 13.3. The van der Waals surface area contributed by atoms with Crippen LogP contribution < -0.4 is 0 Å². The Morgan fingerprint density at radius 2 is 1.38 bits per heavy atom. The van der Waals surface area contributed by atoms with Gasteiger partial charge in [-0.1, -0.05) is 32.0 Å². The third kappa shape index (κ3) is 9.69. The van der Waals surface area contributed by atoms with Gasteiger partial charge in [-0.05, 0) is 57.4 Å². The quantitative estimate of drug-likeness (QED) is 0.172. The molecule has 1 heterocycles. The Morgan fingerprint density at radius 1 is 0.800 bits per heavy atom. The van der Waals surface area contributed by atoms with Gasteiger partial charge in [-0.15, -0.1) is 0 Å². The molecule has 1 saturated carbocycles. The number of benzene rings is 1. The minimum Gasteiger partial charge on any atom is -0.463 e. The van der Waals surface area contributed by atoms with Gasteiger partial charge < -0.3 is 37.9 Å². The van der Waals surface area contributed by atoms with Crippen LogP contribution in [0.1, 0.15) is 91.9 Å². The minimum atomic E-state index is -1.54. The number of hydrogen-bond acceptors (Lipinski definition) is 14. The summed E-state index contributed by atoms with van der Waals surface area (Å²) in [5, 5.41) is 0. The van der Waals surface area contributed by atoms with Crippen LogP contribution in [0, 0.1) is 5.41 Å². The first-order valence-corrected chi connectivity index (χ1v) is 16.4. The number of hydrogen-bond donors (Lipinski definition) is 0. The average Bonchev–Trinajstić information content (AvgIpc) is 3.00. The molecule has 1 aliphatic heterocycles. The van der Waals surface area contributed by atoms with Crippen molar-refractivity contribution in [3.05, 3.63) is 48.0 Å². The van der Waals surface area contributed by atoms with Crippen LogP contribution >= 0.6 is 0 Å². The third-order valence-corrected chi connectivity index (χ3v) is 8.78. The molecule has 14 heteroatoms. The Bertz CT molecular complexity index is 1440. The Morgan fingerprint density at radius 3 is 1.94 bits per heavy atom. The molecule has 276 valence electrons. The number of ether oxygens (including phenoxy) is 8. The second kappa shape index (κ2) is 16.6. The van der Waals surface area contributed by atoms with Crippen LogP contribution in [-0.2, 0) is 61.9 Å². The molecule has 2 aliphatic rings. The van der Waals surface area contributed by atoms with Crippen LogP contribution in [-0.4, -0.2) is 90.4 Å². The van der Waals surface area contributed by atoms with Crippen molar-refractivity contribution in [2.24, 2.45) is 5.41 Å². The molecule has 0 radical (unpaired) electrons. The summed E-state index contributed by atoms with van der Waals surface area (Å²) < 4.78 is 46.8. The van der Waals surface area contributed by atoms with Crippen LogP contribution in [0.25, 0.3) is 0 Å². The van der Waals surface area contributed by atoms with E-state index in [0.717, 1.165) is 20.8 Å². The van der Waals surface area contributed by atoms with Crippen LogP contribution in [0.15, 0.2) is 42.5 Å². The van der Waals surface area contributed by atoms with Gasteiger partial charge in [0.1, 0.15) is 24.4 Å². The molecule has 50 heavy (non-hydrogen) atoms. The lowest BCUT2D eigenvalue weighted by Crippen LogP contribution is -2.69. The van der Waals surface area contributed by atoms with Crippen LogP contribution in [0.2, 0.25) is 0 Å². The molecule has 1 aromatic carbocycles. The molecule has 0 amide bonds. The zero-order valence-corrected chi connectivity index (χ0v) is 30.0. The summed E-state index contributed by atoms with van der Waals surface area (Å²) in [5.41, 5.74) is -3.43. The second-order valence-electron chi connectivity index (χ2n) is 13.3. The van der Waals surface area contributed by atoms with Gasteiger partial charge in [-0.2, -0.15) is 0 Å². The summed E-state index contributed by atoms with van der Waals surface area (Å²) in [4.78, 5) is 74.5. The highest BCUT2D eigenvalue weighted by Gasteiger charge is 2.64. The van der Waals surface area contributed by atoms with Crippen molar-refractivity contribution in [3.63, 3.8) is 0 Å². The van der Waals surface area contributed by atoms with Crippen LogP contribution in [0.5, 0.6) is 0 Å².